The average molecular weight is 420 g/mol. The zero-order valence-corrected chi connectivity index (χ0v) is 17.6. The van der Waals surface area contributed by atoms with Gasteiger partial charge in [0.15, 0.2) is 0 Å². The quantitative estimate of drug-likeness (QED) is 0.611. The SMILES string of the molecule is CCOc1ccc(NC(=O)Cn2nc(-c3ccc(C)c(NC(C)=O)c3)ccc2=O)cc1. The Morgan fingerprint density at radius 3 is 2.45 bits per heavy atom. The monoisotopic (exact) mass is 420 g/mol. The van der Waals surface area contributed by atoms with Gasteiger partial charge >= 0.3 is 0 Å². The number of ether oxygens (including phenoxy) is 1. The van der Waals surface area contributed by atoms with Gasteiger partial charge in [0.25, 0.3) is 5.56 Å². The number of carbonyl (C=O) groups excluding carboxylic acids is 2. The molecule has 3 aromatic rings. The van der Waals surface area contributed by atoms with Gasteiger partial charge in [0.05, 0.1) is 12.3 Å². The Hall–Kier alpha value is -3.94. The minimum atomic E-state index is -0.389. The van der Waals surface area contributed by atoms with Crippen molar-refractivity contribution in [2.45, 2.75) is 27.3 Å². The van der Waals surface area contributed by atoms with Crippen LogP contribution in [-0.4, -0.2) is 28.2 Å². The average Bonchev–Trinajstić information content (AvgIpc) is 2.72. The van der Waals surface area contributed by atoms with Crippen molar-refractivity contribution in [2.24, 2.45) is 0 Å². The van der Waals surface area contributed by atoms with Gasteiger partial charge < -0.3 is 15.4 Å². The Balaban J connectivity index is 1.77. The van der Waals surface area contributed by atoms with Crippen LogP contribution in [0.1, 0.15) is 19.4 Å². The van der Waals surface area contributed by atoms with Gasteiger partial charge in [-0.1, -0.05) is 12.1 Å². The molecular formula is C23H24N4O4. The Kier molecular flexibility index (Phi) is 6.81. The van der Waals surface area contributed by atoms with Gasteiger partial charge in [-0.25, -0.2) is 4.68 Å². The van der Waals surface area contributed by atoms with E-state index < -0.39 is 0 Å². The predicted molar refractivity (Wildman–Crippen MR) is 119 cm³/mol. The molecule has 0 bridgehead atoms. The number of hydrogen-bond acceptors (Lipinski definition) is 5. The summed E-state index contributed by atoms with van der Waals surface area (Å²) in [5.41, 5.74) is 3.01. The Morgan fingerprint density at radius 2 is 1.77 bits per heavy atom. The van der Waals surface area contributed by atoms with Crippen LogP contribution >= 0.6 is 0 Å². The number of nitrogens with zero attached hydrogens (tertiary/aromatic N) is 2. The van der Waals surface area contributed by atoms with Crippen LogP contribution in [0, 0.1) is 6.92 Å². The van der Waals surface area contributed by atoms with Crippen LogP contribution in [0.2, 0.25) is 0 Å². The molecule has 160 valence electrons. The summed E-state index contributed by atoms with van der Waals surface area (Å²) in [5.74, 6) is 0.158. The summed E-state index contributed by atoms with van der Waals surface area (Å²) >= 11 is 0. The molecule has 8 nitrogen and oxygen atoms in total. The number of aryl methyl sites for hydroxylation is 1. The molecule has 0 atom stereocenters. The van der Waals surface area contributed by atoms with Crippen molar-refractivity contribution in [2.75, 3.05) is 17.2 Å². The second-order valence-corrected chi connectivity index (χ2v) is 6.93. The number of rotatable bonds is 7. The second-order valence-electron chi connectivity index (χ2n) is 6.93. The van der Waals surface area contributed by atoms with E-state index in [4.69, 9.17) is 4.74 Å². The van der Waals surface area contributed by atoms with E-state index in [0.717, 1.165) is 15.8 Å². The maximum Gasteiger partial charge on any atom is 0.267 e. The van der Waals surface area contributed by atoms with Crippen molar-refractivity contribution in [1.29, 1.82) is 0 Å². The number of anilines is 2. The van der Waals surface area contributed by atoms with Gasteiger partial charge in [0.2, 0.25) is 11.8 Å². The molecule has 2 N–H and O–H groups in total. The number of nitrogens with one attached hydrogen (secondary N) is 2. The highest BCUT2D eigenvalue weighted by Gasteiger charge is 2.10. The molecule has 1 heterocycles. The number of benzene rings is 2. The fourth-order valence-corrected chi connectivity index (χ4v) is 2.96. The molecule has 0 radical (unpaired) electrons. The van der Waals surface area contributed by atoms with E-state index in [1.807, 2.05) is 26.0 Å². The van der Waals surface area contributed by atoms with Crippen molar-refractivity contribution < 1.29 is 14.3 Å². The van der Waals surface area contributed by atoms with Crippen molar-refractivity contribution in [3.63, 3.8) is 0 Å². The van der Waals surface area contributed by atoms with Crippen molar-refractivity contribution in [3.05, 3.63) is 70.5 Å². The first kappa shape index (κ1) is 21.8. The van der Waals surface area contributed by atoms with Gasteiger partial charge in [0, 0.05) is 29.9 Å². The zero-order chi connectivity index (χ0) is 22.4. The zero-order valence-electron chi connectivity index (χ0n) is 17.6. The van der Waals surface area contributed by atoms with Crippen LogP contribution in [0.25, 0.3) is 11.3 Å². The maximum absolute atomic E-state index is 12.4. The molecule has 0 saturated heterocycles. The van der Waals surface area contributed by atoms with Crippen molar-refractivity contribution in [3.8, 4) is 17.0 Å². The Bertz CT molecular complexity index is 1150. The molecule has 0 spiro atoms. The van der Waals surface area contributed by atoms with E-state index in [0.29, 0.717) is 29.4 Å². The molecule has 0 unspecified atom stereocenters. The third-order valence-corrected chi connectivity index (χ3v) is 4.45. The highest BCUT2D eigenvalue weighted by atomic mass is 16.5. The van der Waals surface area contributed by atoms with Gasteiger partial charge in [0.1, 0.15) is 12.3 Å². The lowest BCUT2D eigenvalue weighted by atomic mass is 10.1. The third kappa shape index (κ3) is 5.79. The molecule has 2 aromatic carbocycles. The number of amides is 2. The summed E-state index contributed by atoms with van der Waals surface area (Å²) in [4.78, 5) is 36.1. The second kappa shape index (κ2) is 9.71. The standard InChI is InChI=1S/C23H24N4O4/c1-4-31-19-9-7-18(8-10-19)25-22(29)14-27-23(30)12-11-20(26-27)17-6-5-15(2)21(13-17)24-16(3)28/h5-13H,4,14H2,1-3H3,(H,24,28)(H,25,29). The van der Waals surface area contributed by atoms with E-state index in [2.05, 4.69) is 15.7 Å². The van der Waals surface area contributed by atoms with Crippen LogP contribution in [0.5, 0.6) is 5.75 Å². The molecular weight excluding hydrogens is 396 g/mol. The normalized spacial score (nSPS) is 10.4. The Labute approximate surface area is 179 Å². The predicted octanol–water partition coefficient (Wildman–Crippen LogP) is 3.21. The van der Waals surface area contributed by atoms with Crippen LogP contribution in [0.4, 0.5) is 11.4 Å². The van der Waals surface area contributed by atoms with E-state index in [9.17, 15) is 14.4 Å². The summed E-state index contributed by atoms with van der Waals surface area (Å²) in [6.45, 7) is 5.54. The highest BCUT2D eigenvalue weighted by molar-refractivity contribution is 5.91. The molecule has 0 fully saturated rings. The molecule has 3 rings (SSSR count). The fraction of sp³-hybridized carbons (Fsp3) is 0.217. The van der Waals surface area contributed by atoms with Crippen LogP contribution < -0.4 is 20.9 Å². The molecule has 8 heteroatoms. The van der Waals surface area contributed by atoms with Crippen LogP contribution in [0.15, 0.2) is 59.4 Å². The van der Waals surface area contributed by atoms with Gasteiger partial charge in [-0.15, -0.1) is 0 Å². The van der Waals surface area contributed by atoms with Crippen LogP contribution in [0.3, 0.4) is 0 Å². The molecule has 0 saturated carbocycles. The molecule has 31 heavy (non-hydrogen) atoms. The summed E-state index contributed by atoms with van der Waals surface area (Å²) in [6, 6.07) is 15.4. The lowest BCUT2D eigenvalue weighted by molar-refractivity contribution is -0.117. The summed E-state index contributed by atoms with van der Waals surface area (Å²) in [6.07, 6.45) is 0. The van der Waals surface area contributed by atoms with E-state index >= 15 is 0 Å². The summed E-state index contributed by atoms with van der Waals surface area (Å²) < 4.78 is 6.49. The van der Waals surface area contributed by atoms with E-state index in [-0.39, 0.29) is 23.9 Å². The molecule has 2 amide bonds. The van der Waals surface area contributed by atoms with Crippen LogP contribution in [-0.2, 0) is 16.1 Å². The molecule has 0 aliphatic rings. The van der Waals surface area contributed by atoms with Gasteiger partial charge in [-0.3, -0.25) is 14.4 Å². The molecule has 0 aliphatic carbocycles. The highest BCUT2D eigenvalue weighted by Crippen LogP contribution is 2.23. The lowest BCUT2D eigenvalue weighted by Crippen LogP contribution is -2.29. The Morgan fingerprint density at radius 1 is 1.03 bits per heavy atom. The maximum atomic E-state index is 12.4. The lowest BCUT2D eigenvalue weighted by Gasteiger charge is -2.11. The largest absolute Gasteiger partial charge is 0.494 e. The first-order chi connectivity index (χ1) is 14.9. The minimum Gasteiger partial charge on any atom is -0.494 e. The topological polar surface area (TPSA) is 102 Å². The summed E-state index contributed by atoms with van der Waals surface area (Å²) in [5, 5.41) is 9.84. The number of carbonyl (C=O) groups is 2. The molecule has 0 aliphatic heterocycles. The first-order valence-electron chi connectivity index (χ1n) is 9.85. The van der Waals surface area contributed by atoms with Crippen molar-refractivity contribution >= 4 is 23.2 Å². The van der Waals surface area contributed by atoms with E-state index in [1.54, 1.807) is 36.4 Å². The molecule has 1 aromatic heterocycles. The number of aromatic nitrogens is 2. The smallest absolute Gasteiger partial charge is 0.267 e. The number of hydrogen-bond donors (Lipinski definition) is 2. The van der Waals surface area contributed by atoms with Gasteiger partial charge in [-0.2, -0.15) is 5.10 Å². The van der Waals surface area contributed by atoms with E-state index in [1.165, 1.54) is 13.0 Å². The van der Waals surface area contributed by atoms with Crippen molar-refractivity contribution in [1.82, 2.24) is 9.78 Å². The minimum absolute atomic E-state index is 0.177. The first-order valence-corrected chi connectivity index (χ1v) is 9.85. The fourth-order valence-electron chi connectivity index (χ4n) is 2.96. The van der Waals surface area contributed by atoms with Gasteiger partial charge in [-0.05, 0) is 55.8 Å². The summed E-state index contributed by atoms with van der Waals surface area (Å²) in [7, 11) is 0. The third-order valence-electron chi connectivity index (χ3n) is 4.45.